The van der Waals surface area contributed by atoms with Crippen LogP contribution in [0.2, 0.25) is 25.1 Å². The van der Waals surface area contributed by atoms with Gasteiger partial charge in [0, 0.05) is 4.88 Å². The topological polar surface area (TPSA) is 26.3 Å². The first-order chi connectivity index (χ1) is 9.84. The zero-order chi connectivity index (χ0) is 15.7. The van der Waals surface area contributed by atoms with E-state index >= 15 is 0 Å². The van der Waals surface area contributed by atoms with Crippen LogP contribution in [0.25, 0.3) is 0 Å². The Hall–Kier alpha value is 0.130. The number of thiophene rings is 1. The minimum Gasteiger partial charge on any atom is -0.422 e. The van der Waals surface area contributed by atoms with E-state index in [9.17, 15) is 4.79 Å². The Kier molecular flexibility index (Phi) is 5.94. The summed E-state index contributed by atoms with van der Waals surface area (Å²) in [5, 5.41) is 0.433. The number of hydrogen-bond acceptors (Lipinski definition) is 3. The second kappa shape index (κ2) is 7.14. The van der Waals surface area contributed by atoms with Gasteiger partial charge in [0.2, 0.25) is 0 Å². The van der Waals surface area contributed by atoms with E-state index in [1.807, 2.05) is 0 Å². The number of ether oxygens (including phenoxy) is 1. The number of carbonyl (C=O) groups is 1. The fourth-order valence-electron chi connectivity index (χ4n) is 1.38. The van der Waals surface area contributed by atoms with Crippen molar-refractivity contribution in [1.29, 1.82) is 0 Å². The standard InChI is InChI=1S/C12H4Cl6O2S/c13-5(4-2-1-3-21-4)12(19)20-11-9(17)7(15)6(14)8(16)10(11)18/h1-3,5H/t5-/m0/s1. The summed E-state index contributed by atoms with van der Waals surface area (Å²) in [6.45, 7) is 0. The first-order valence-corrected chi connectivity index (χ1v) is 8.45. The molecule has 1 atom stereocenters. The van der Waals surface area contributed by atoms with Crippen LogP contribution in [0.4, 0.5) is 0 Å². The number of benzene rings is 1. The van der Waals surface area contributed by atoms with Gasteiger partial charge in [0.15, 0.2) is 11.1 Å². The van der Waals surface area contributed by atoms with Gasteiger partial charge >= 0.3 is 5.97 Å². The Labute approximate surface area is 154 Å². The number of rotatable bonds is 3. The first kappa shape index (κ1) is 17.5. The lowest BCUT2D eigenvalue weighted by atomic mass is 10.3. The van der Waals surface area contributed by atoms with E-state index in [0.29, 0.717) is 4.88 Å². The van der Waals surface area contributed by atoms with Crippen molar-refractivity contribution in [2.45, 2.75) is 5.38 Å². The zero-order valence-electron chi connectivity index (χ0n) is 9.80. The summed E-state index contributed by atoms with van der Waals surface area (Å²) in [4.78, 5) is 12.7. The molecule has 112 valence electrons. The van der Waals surface area contributed by atoms with Gasteiger partial charge in [0.1, 0.15) is 10.0 Å². The summed E-state index contributed by atoms with van der Waals surface area (Å²) in [6.07, 6.45) is 0. The molecule has 0 aliphatic heterocycles. The van der Waals surface area contributed by atoms with E-state index in [0.717, 1.165) is 0 Å². The fraction of sp³-hybridized carbons (Fsp3) is 0.0833. The molecular formula is C12H4Cl6O2S. The molecule has 1 heterocycles. The molecule has 0 bridgehead atoms. The highest BCUT2D eigenvalue weighted by Crippen LogP contribution is 2.48. The number of hydrogen-bond donors (Lipinski definition) is 0. The first-order valence-electron chi connectivity index (χ1n) is 5.25. The highest BCUT2D eigenvalue weighted by molar-refractivity contribution is 7.10. The second-order valence-corrected chi connectivity index (χ2v) is 7.00. The Morgan fingerprint density at radius 1 is 1.00 bits per heavy atom. The lowest BCUT2D eigenvalue weighted by Gasteiger charge is -2.14. The van der Waals surface area contributed by atoms with Gasteiger partial charge in [0.25, 0.3) is 0 Å². The van der Waals surface area contributed by atoms with Crippen LogP contribution in [-0.2, 0) is 4.79 Å². The summed E-state index contributed by atoms with van der Waals surface area (Å²) in [7, 11) is 0. The van der Waals surface area contributed by atoms with Crippen LogP contribution in [0.1, 0.15) is 10.3 Å². The fourth-order valence-corrected chi connectivity index (χ4v) is 3.54. The van der Waals surface area contributed by atoms with Crippen molar-refractivity contribution in [1.82, 2.24) is 0 Å². The molecular weight excluding hydrogens is 421 g/mol. The smallest absolute Gasteiger partial charge is 0.334 e. The molecule has 2 nitrogen and oxygen atoms in total. The minimum absolute atomic E-state index is 0.0196. The van der Waals surface area contributed by atoms with Gasteiger partial charge in [-0.2, -0.15) is 0 Å². The summed E-state index contributed by atoms with van der Waals surface area (Å²) in [6, 6.07) is 3.47. The van der Waals surface area contributed by atoms with Crippen molar-refractivity contribution in [3.8, 4) is 5.75 Å². The molecule has 0 spiro atoms. The third-order valence-electron chi connectivity index (χ3n) is 2.37. The minimum atomic E-state index is -0.995. The quantitative estimate of drug-likeness (QED) is 0.176. The normalized spacial score (nSPS) is 12.3. The van der Waals surface area contributed by atoms with Crippen LogP contribution in [-0.4, -0.2) is 5.97 Å². The largest absolute Gasteiger partial charge is 0.422 e. The molecule has 0 unspecified atom stereocenters. The molecule has 9 heteroatoms. The summed E-state index contributed by atoms with van der Waals surface area (Å²) in [5.41, 5.74) is 0. The monoisotopic (exact) mass is 422 g/mol. The van der Waals surface area contributed by atoms with Gasteiger partial charge in [0.05, 0.1) is 15.1 Å². The van der Waals surface area contributed by atoms with Crippen molar-refractivity contribution in [3.63, 3.8) is 0 Å². The summed E-state index contributed by atoms with van der Waals surface area (Å²) in [5.74, 6) is -0.928. The van der Waals surface area contributed by atoms with E-state index in [1.165, 1.54) is 11.3 Å². The molecule has 1 aromatic carbocycles. The van der Waals surface area contributed by atoms with Gasteiger partial charge in [-0.1, -0.05) is 64.1 Å². The molecule has 0 radical (unpaired) electrons. The van der Waals surface area contributed by atoms with Crippen molar-refractivity contribution in [3.05, 3.63) is 47.5 Å². The number of esters is 1. The van der Waals surface area contributed by atoms with E-state index in [1.54, 1.807) is 17.5 Å². The van der Waals surface area contributed by atoms with Crippen LogP contribution in [0, 0.1) is 0 Å². The Balaban J connectivity index is 2.34. The Bertz CT molecular complexity index is 657. The molecule has 0 saturated carbocycles. The molecule has 1 aromatic heterocycles. The van der Waals surface area contributed by atoms with Crippen molar-refractivity contribution in [2.75, 3.05) is 0 Å². The average Bonchev–Trinajstić information content (AvgIpc) is 3.00. The molecule has 0 aliphatic carbocycles. The Morgan fingerprint density at radius 3 is 2.00 bits per heavy atom. The second-order valence-electron chi connectivity index (χ2n) is 3.70. The van der Waals surface area contributed by atoms with Crippen LogP contribution in [0.15, 0.2) is 17.5 Å². The number of alkyl halides is 1. The van der Waals surface area contributed by atoms with Gasteiger partial charge in [-0.15, -0.1) is 22.9 Å². The van der Waals surface area contributed by atoms with Crippen LogP contribution in [0.3, 0.4) is 0 Å². The van der Waals surface area contributed by atoms with E-state index in [4.69, 9.17) is 74.3 Å². The highest BCUT2D eigenvalue weighted by Gasteiger charge is 2.26. The molecule has 2 rings (SSSR count). The van der Waals surface area contributed by atoms with Crippen LogP contribution >= 0.6 is 80.9 Å². The van der Waals surface area contributed by atoms with Gasteiger partial charge < -0.3 is 4.74 Å². The predicted octanol–water partition coefficient (Wildman–Crippen LogP) is 6.90. The summed E-state index contributed by atoms with van der Waals surface area (Å²) >= 11 is 36.9. The molecule has 21 heavy (non-hydrogen) atoms. The van der Waals surface area contributed by atoms with Crippen LogP contribution in [0.5, 0.6) is 5.75 Å². The lowest BCUT2D eigenvalue weighted by molar-refractivity contribution is -0.134. The van der Waals surface area contributed by atoms with Crippen molar-refractivity contribution >= 4 is 86.9 Å². The van der Waals surface area contributed by atoms with Gasteiger partial charge in [-0.25, -0.2) is 4.79 Å². The summed E-state index contributed by atoms with van der Waals surface area (Å²) < 4.78 is 5.12. The maximum absolute atomic E-state index is 12.0. The Morgan fingerprint density at radius 2 is 1.52 bits per heavy atom. The number of halogens is 6. The highest BCUT2D eigenvalue weighted by atomic mass is 35.5. The van der Waals surface area contributed by atoms with E-state index < -0.39 is 11.3 Å². The van der Waals surface area contributed by atoms with Crippen molar-refractivity contribution < 1.29 is 9.53 Å². The molecule has 0 N–H and O–H groups in total. The van der Waals surface area contributed by atoms with Gasteiger partial charge in [-0.05, 0) is 11.4 Å². The maximum atomic E-state index is 12.0. The molecule has 0 saturated heterocycles. The maximum Gasteiger partial charge on any atom is 0.334 e. The molecule has 0 fully saturated rings. The third-order valence-corrected chi connectivity index (χ3v) is 6.09. The third kappa shape index (κ3) is 3.56. The lowest BCUT2D eigenvalue weighted by Crippen LogP contribution is -2.14. The molecule has 2 aromatic rings. The van der Waals surface area contributed by atoms with E-state index in [2.05, 4.69) is 0 Å². The van der Waals surface area contributed by atoms with Gasteiger partial charge in [-0.3, -0.25) is 0 Å². The zero-order valence-corrected chi connectivity index (χ0v) is 15.2. The number of carbonyl (C=O) groups excluding carboxylic acids is 1. The SMILES string of the molecule is O=C(Oc1c(Cl)c(Cl)c(Cl)c(Cl)c1Cl)[C@@H](Cl)c1cccs1. The predicted molar refractivity (Wildman–Crippen MR) is 90.0 cm³/mol. The van der Waals surface area contributed by atoms with Crippen LogP contribution < -0.4 is 4.74 Å². The van der Waals surface area contributed by atoms with E-state index in [-0.39, 0.29) is 30.9 Å². The molecule has 0 amide bonds. The molecule has 0 aliphatic rings. The van der Waals surface area contributed by atoms with Crippen molar-refractivity contribution in [2.24, 2.45) is 0 Å². The average molecular weight is 425 g/mol.